The maximum atomic E-state index is 13.9. The van der Waals surface area contributed by atoms with Crippen molar-refractivity contribution in [3.63, 3.8) is 0 Å². The second kappa shape index (κ2) is 10.8. The molecule has 13 heteroatoms. The van der Waals surface area contributed by atoms with Crippen LogP contribution in [0.1, 0.15) is 50.3 Å². The highest BCUT2D eigenvalue weighted by Crippen LogP contribution is 2.35. The number of amides is 2. The molecule has 5 rings (SSSR count). The van der Waals surface area contributed by atoms with Crippen molar-refractivity contribution >= 4 is 23.4 Å². The maximum absolute atomic E-state index is 13.9. The van der Waals surface area contributed by atoms with Gasteiger partial charge in [-0.3, -0.25) is 23.6 Å². The summed E-state index contributed by atoms with van der Waals surface area (Å²) >= 11 is 5.74. The Morgan fingerprint density at radius 1 is 1.12 bits per heavy atom. The Hall–Kier alpha value is -4.45. The number of nitrogens with zero attached hydrogens (tertiary/aromatic N) is 5. The van der Waals surface area contributed by atoms with Crippen molar-refractivity contribution in [1.29, 1.82) is 0 Å². The highest BCUT2D eigenvalue weighted by atomic mass is 35.5. The number of rotatable bonds is 5. The number of fused-ring (bicyclic) bond motifs is 1. The van der Waals surface area contributed by atoms with Gasteiger partial charge in [-0.2, -0.15) is 18.3 Å². The van der Waals surface area contributed by atoms with Gasteiger partial charge in [0.05, 0.1) is 35.1 Å². The normalized spacial score (nSPS) is 15.0. The summed E-state index contributed by atoms with van der Waals surface area (Å²) in [5.74, 6) is -0.571. The molecule has 0 aliphatic carbocycles. The summed E-state index contributed by atoms with van der Waals surface area (Å²) in [5, 5.41) is 6.26. The van der Waals surface area contributed by atoms with Crippen LogP contribution in [0.4, 0.5) is 13.2 Å². The van der Waals surface area contributed by atoms with Crippen LogP contribution >= 0.6 is 11.6 Å². The molecule has 1 N–H and O–H groups in total. The Bertz CT molecular complexity index is 1680. The van der Waals surface area contributed by atoms with Crippen LogP contribution in [-0.4, -0.2) is 49.1 Å². The SMILES string of the molecule is CNC(=O)c1ccc(-n2c(Cn3cccn3)nc3c(c2=O)CC(C)N(C(=O)c2ccc(Cl)c(C(F)(F)F)c2)C3)cc1. The van der Waals surface area contributed by atoms with Crippen LogP contribution < -0.4 is 10.9 Å². The molecule has 41 heavy (non-hydrogen) atoms. The highest BCUT2D eigenvalue weighted by Gasteiger charge is 2.36. The summed E-state index contributed by atoms with van der Waals surface area (Å²) in [7, 11) is 1.52. The molecule has 2 amide bonds. The van der Waals surface area contributed by atoms with E-state index in [4.69, 9.17) is 16.6 Å². The van der Waals surface area contributed by atoms with Gasteiger partial charge in [-0.25, -0.2) is 4.98 Å². The van der Waals surface area contributed by atoms with E-state index in [1.807, 2.05) is 0 Å². The summed E-state index contributed by atoms with van der Waals surface area (Å²) in [4.78, 5) is 45.5. The Morgan fingerprint density at radius 2 is 1.83 bits per heavy atom. The molecule has 0 spiro atoms. The summed E-state index contributed by atoms with van der Waals surface area (Å²) in [6.45, 7) is 1.78. The average Bonchev–Trinajstić information content (AvgIpc) is 3.45. The first-order valence-electron chi connectivity index (χ1n) is 12.6. The molecule has 3 heterocycles. The van der Waals surface area contributed by atoms with Gasteiger partial charge in [0.25, 0.3) is 17.4 Å². The standard InChI is InChI=1S/C28H24ClF3N6O3/c1-16-12-20-23(14-37(16)26(40)18-6-9-22(29)21(13-18)28(30,31)32)35-24(15-36-11-3-10-34-36)38(27(20)41)19-7-4-17(5-8-19)25(39)33-2/h3-11,13,16H,12,14-15H2,1-2H3,(H,33,39). The Kier molecular flexibility index (Phi) is 7.43. The molecule has 0 saturated heterocycles. The fraction of sp³-hybridized carbons (Fsp3) is 0.250. The van der Waals surface area contributed by atoms with E-state index in [9.17, 15) is 27.6 Å². The van der Waals surface area contributed by atoms with Crippen LogP contribution in [0.5, 0.6) is 0 Å². The number of carbonyl (C=O) groups is 2. The van der Waals surface area contributed by atoms with E-state index in [0.29, 0.717) is 28.3 Å². The van der Waals surface area contributed by atoms with E-state index in [1.54, 1.807) is 54.3 Å². The molecule has 0 bridgehead atoms. The van der Waals surface area contributed by atoms with Crippen LogP contribution in [0.15, 0.2) is 65.7 Å². The molecule has 1 atom stereocenters. The van der Waals surface area contributed by atoms with Gasteiger partial charge in [-0.15, -0.1) is 0 Å². The van der Waals surface area contributed by atoms with Crippen LogP contribution in [0.2, 0.25) is 5.02 Å². The summed E-state index contributed by atoms with van der Waals surface area (Å²) in [6, 6.07) is 10.8. The fourth-order valence-electron chi connectivity index (χ4n) is 4.84. The quantitative estimate of drug-likeness (QED) is 0.381. The first-order valence-corrected chi connectivity index (χ1v) is 13.0. The third-order valence-corrected chi connectivity index (χ3v) is 7.27. The van der Waals surface area contributed by atoms with Crippen LogP contribution in [0, 0.1) is 0 Å². The van der Waals surface area contributed by atoms with Gasteiger partial charge in [0.15, 0.2) is 0 Å². The number of hydrogen-bond acceptors (Lipinski definition) is 5. The zero-order valence-electron chi connectivity index (χ0n) is 21.9. The molecule has 1 unspecified atom stereocenters. The zero-order valence-corrected chi connectivity index (χ0v) is 22.7. The Balaban J connectivity index is 1.56. The summed E-state index contributed by atoms with van der Waals surface area (Å²) in [5.41, 5.74) is 0.0581. The minimum absolute atomic E-state index is 0.0723. The van der Waals surface area contributed by atoms with E-state index >= 15 is 0 Å². The zero-order chi connectivity index (χ0) is 29.5. The number of alkyl halides is 3. The second-order valence-corrected chi connectivity index (χ2v) is 10.0. The molecule has 9 nitrogen and oxygen atoms in total. The minimum Gasteiger partial charge on any atom is -0.355 e. The van der Waals surface area contributed by atoms with E-state index in [-0.39, 0.29) is 36.5 Å². The van der Waals surface area contributed by atoms with E-state index < -0.39 is 28.7 Å². The number of aromatic nitrogens is 4. The molecule has 1 aliphatic heterocycles. The molecule has 2 aromatic heterocycles. The monoisotopic (exact) mass is 584 g/mol. The van der Waals surface area contributed by atoms with Crippen molar-refractivity contribution < 1.29 is 22.8 Å². The molecule has 2 aromatic carbocycles. The number of carbonyl (C=O) groups excluding carboxylic acids is 2. The van der Waals surface area contributed by atoms with Crippen molar-refractivity contribution in [2.75, 3.05) is 7.05 Å². The van der Waals surface area contributed by atoms with E-state index in [1.165, 1.54) is 22.6 Å². The maximum Gasteiger partial charge on any atom is 0.417 e. The first-order chi connectivity index (χ1) is 19.5. The second-order valence-electron chi connectivity index (χ2n) is 9.60. The van der Waals surface area contributed by atoms with Crippen molar-refractivity contribution in [3.05, 3.63) is 110 Å². The topological polar surface area (TPSA) is 102 Å². The largest absolute Gasteiger partial charge is 0.417 e. The van der Waals surface area contributed by atoms with Crippen LogP contribution in [0.25, 0.3) is 5.69 Å². The molecular weight excluding hydrogens is 561 g/mol. The number of benzene rings is 2. The van der Waals surface area contributed by atoms with Crippen molar-refractivity contribution in [1.82, 2.24) is 29.5 Å². The predicted octanol–water partition coefficient (Wildman–Crippen LogP) is 4.10. The van der Waals surface area contributed by atoms with Crippen molar-refractivity contribution in [2.45, 2.75) is 38.7 Å². The lowest BCUT2D eigenvalue weighted by Gasteiger charge is -2.34. The van der Waals surface area contributed by atoms with Gasteiger partial charge < -0.3 is 10.2 Å². The first kappa shape index (κ1) is 28.1. The average molecular weight is 585 g/mol. The Labute approximate surface area is 237 Å². The predicted molar refractivity (Wildman–Crippen MR) is 144 cm³/mol. The smallest absolute Gasteiger partial charge is 0.355 e. The van der Waals surface area contributed by atoms with E-state index in [2.05, 4.69) is 10.4 Å². The van der Waals surface area contributed by atoms with Gasteiger partial charge in [0.2, 0.25) is 0 Å². The molecule has 1 aliphatic rings. The number of hydrogen-bond donors (Lipinski definition) is 1. The lowest BCUT2D eigenvalue weighted by Crippen LogP contribution is -2.46. The summed E-state index contributed by atoms with van der Waals surface area (Å²) in [6.07, 6.45) is -1.28. The third kappa shape index (κ3) is 5.47. The molecule has 4 aromatic rings. The molecule has 0 saturated carbocycles. The van der Waals surface area contributed by atoms with Gasteiger partial charge >= 0.3 is 6.18 Å². The highest BCUT2D eigenvalue weighted by molar-refractivity contribution is 6.31. The van der Waals surface area contributed by atoms with Gasteiger partial charge in [-0.1, -0.05) is 11.6 Å². The van der Waals surface area contributed by atoms with Gasteiger partial charge in [0.1, 0.15) is 5.82 Å². The molecule has 0 radical (unpaired) electrons. The summed E-state index contributed by atoms with van der Waals surface area (Å²) < 4.78 is 43.3. The van der Waals surface area contributed by atoms with E-state index in [0.717, 1.165) is 12.1 Å². The Morgan fingerprint density at radius 3 is 2.46 bits per heavy atom. The molecule has 0 fully saturated rings. The fourth-order valence-corrected chi connectivity index (χ4v) is 5.06. The van der Waals surface area contributed by atoms with Crippen molar-refractivity contribution in [3.8, 4) is 5.69 Å². The van der Waals surface area contributed by atoms with Crippen LogP contribution in [-0.2, 0) is 25.7 Å². The molecular formula is C28H24ClF3N6O3. The van der Waals surface area contributed by atoms with Crippen molar-refractivity contribution in [2.24, 2.45) is 0 Å². The van der Waals surface area contributed by atoms with Crippen LogP contribution in [0.3, 0.4) is 0 Å². The molecule has 212 valence electrons. The van der Waals surface area contributed by atoms with Gasteiger partial charge in [-0.05, 0) is 61.9 Å². The third-order valence-electron chi connectivity index (χ3n) is 6.94. The lowest BCUT2D eigenvalue weighted by atomic mass is 9.98. The number of nitrogens with one attached hydrogen (secondary N) is 1. The van der Waals surface area contributed by atoms with Gasteiger partial charge in [0, 0.05) is 42.2 Å². The minimum atomic E-state index is -4.72. The lowest BCUT2D eigenvalue weighted by molar-refractivity contribution is -0.137. The number of halogens is 4.